The van der Waals surface area contributed by atoms with Gasteiger partial charge in [-0.1, -0.05) is 12.1 Å². The molecule has 3 aromatic rings. The highest BCUT2D eigenvalue weighted by Gasteiger charge is 2.22. The van der Waals surface area contributed by atoms with Crippen molar-refractivity contribution in [3.8, 4) is 17.1 Å². The summed E-state index contributed by atoms with van der Waals surface area (Å²) in [7, 11) is 5.85. The quantitative estimate of drug-likeness (QED) is 0.563. The van der Waals surface area contributed by atoms with Crippen LogP contribution in [-0.2, 0) is 11.3 Å². The van der Waals surface area contributed by atoms with Crippen molar-refractivity contribution in [1.82, 2.24) is 19.8 Å². The van der Waals surface area contributed by atoms with Crippen LogP contribution in [0.5, 0.6) is 5.75 Å². The van der Waals surface area contributed by atoms with Crippen molar-refractivity contribution in [3.63, 3.8) is 0 Å². The molecule has 0 unspecified atom stereocenters. The number of hydrogen-bond donors (Lipinski definition) is 1. The van der Waals surface area contributed by atoms with E-state index < -0.39 is 0 Å². The van der Waals surface area contributed by atoms with Crippen LogP contribution in [0, 0.1) is 0 Å². The number of aromatic nitrogens is 2. The molecule has 0 bridgehead atoms. The second-order valence-electron chi connectivity index (χ2n) is 9.66. The molecular formula is C27H35N5O3. The number of methoxy groups -OCH3 is 1. The lowest BCUT2D eigenvalue weighted by molar-refractivity contribution is -0.122. The molecule has 1 fully saturated rings. The zero-order chi connectivity index (χ0) is 25.1. The normalized spacial score (nSPS) is 14.7. The molecule has 4 rings (SSSR count). The van der Waals surface area contributed by atoms with Gasteiger partial charge in [0.05, 0.1) is 18.0 Å². The molecule has 0 spiro atoms. The Hall–Kier alpha value is -3.39. The number of nitrogens with one attached hydrogen (secondary N) is 1. The van der Waals surface area contributed by atoms with Crippen LogP contribution in [0.25, 0.3) is 22.3 Å². The number of carbonyl (C=O) groups is 1. The summed E-state index contributed by atoms with van der Waals surface area (Å²) in [5.41, 5.74) is 2.12. The SMILES string of the molecule is COc1cccc(-c2nc3ccc(N4CCC(N(C)C)CC4)cc3c(=O)n2CC(=O)NC(C)C)c1. The minimum absolute atomic E-state index is 0.0245. The molecule has 1 N–H and O–H groups in total. The minimum atomic E-state index is -0.227. The number of nitrogens with zero attached hydrogens (tertiary/aromatic N) is 4. The van der Waals surface area contributed by atoms with Gasteiger partial charge in [-0.2, -0.15) is 0 Å². The molecule has 1 saturated heterocycles. The first-order valence-corrected chi connectivity index (χ1v) is 12.2. The number of benzene rings is 2. The Morgan fingerprint density at radius 1 is 1.17 bits per heavy atom. The van der Waals surface area contributed by atoms with E-state index in [-0.39, 0.29) is 24.1 Å². The van der Waals surface area contributed by atoms with E-state index >= 15 is 0 Å². The lowest BCUT2D eigenvalue weighted by Gasteiger charge is -2.36. The molecular weight excluding hydrogens is 442 g/mol. The summed E-state index contributed by atoms with van der Waals surface area (Å²) in [5.74, 6) is 0.876. The number of ether oxygens (including phenoxy) is 1. The molecule has 8 nitrogen and oxygen atoms in total. The summed E-state index contributed by atoms with van der Waals surface area (Å²) < 4.78 is 6.84. The zero-order valence-electron chi connectivity index (χ0n) is 21.2. The second-order valence-corrected chi connectivity index (χ2v) is 9.66. The van der Waals surface area contributed by atoms with Crippen LogP contribution in [0.4, 0.5) is 5.69 Å². The Balaban J connectivity index is 1.77. The van der Waals surface area contributed by atoms with Gasteiger partial charge in [0.15, 0.2) is 0 Å². The summed E-state index contributed by atoms with van der Waals surface area (Å²) in [4.78, 5) is 35.9. The van der Waals surface area contributed by atoms with E-state index in [9.17, 15) is 9.59 Å². The summed E-state index contributed by atoms with van der Waals surface area (Å²) in [6.07, 6.45) is 2.16. The molecule has 8 heteroatoms. The number of fused-ring (bicyclic) bond motifs is 1. The van der Waals surface area contributed by atoms with Crippen LogP contribution < -0.4 is 20.5 Å². The van der Waals surface area contributed by atoms with E-state index in [2.05, 4.69) is 29.2 Å². The van der Waals surface area contributed by atoms with Gasteiger partial charge < -0.3 is 19.9 Å². The Morgan fingerprint density at radius 2 is 1.91 bits per heavy atom. The minimum Gasteiger partial charge on any atom is -0.497 e. The van der Waals surface area contributed by atoms with Gasteiger partial charge in [-0.3, -0.25) is 14.2 Å². The lowest BCUT2D eigenvalue weighted by atomic mass is 10.0. The van der Waals surface area contributed by atoms with Gasteiger partial charge in [-0.05, 0) is 71.1 Å². The van der Waals surface area contributed by atoms with Crippen molar-refractivity contribution < 1.29 is 9.53 Å². The Bertz CT molecular complexity index is 1260. The Morgan fingerprint density at radius 3 is 2.57 bits per heavy atom. The largest absolute Gasteiger partial charge is 0.497 e. The molecule has 0 radical (unpaired) electrons. The van der Waals surface area contributed by atoms with Crippen molar-refractivity contribution in [2.24, 2.45) is 0 Å². The molecule has 0 aliphatic carbocycles. The highest BCUT2D eigenvalue weighted by Crippen LogP contribution is 2.27. The van der Waals surface area contributed by atoms with Gasteiger partial charge in [0.25, 0.3) is 5.56 Å². The fraction of sp³-hybridized carbons (Fsp3) is 0.444. The van der Waals surface area contributed by atoms with E-state index in [0.717, 1.165) is 37.2 Å². The molecule has 1 aliphatic heterocycles. The first-order chi connectivity index (χ1) is 16.8. The highest BCUT2D eigenvalue weighted by molar-refractivity contribution is 5.84. The van der Waals surface area contributed by atoms with Crippen molar-refractivity contribution in [2.75, 3.05) is 39.2 Å². The molecule has 0 atom stereocenters. The van der Waals surface area contributed by atoms with Crippen molar-refractivity contribution >= 4 is 22.5 Å². The van der Waals surface area contributed by atoms with E-state index in [0.29, 0.717) is 28.5 Å². The maximum Gasteiger partial charge on any atom is 0.262 e. The Kier molecular flexibility index (Phi) is 7.40. The number of carbonyl (C=O) groups excluding carboxylic acids is 1. The van der Waals surface area contributed by atoms with Crippen molar-refractivity contribution in [2.45, 2.75) is 45.3 Å². The predicted octanol–water partition coefficient (Wildman–Crippen LogP) is 3.13. The molecule has 35 heavy (non-hydrogen) atoms. The Labute approximate surface area is 206 Å². The number of amides is 1. The monoisotopic (exact) mass is 477 g/mol. The first kappa shape index (κ1) is 24.7. The molecule has 1 amide bonds. The van der Waals surface area contributed by atoms with Gasteiger partial charge in [0.1, 0.15) is 18.1 Å². The summed E-state index contributed by atoms with van der Waals surface area (Å²) in [5, 5.41) is 3.40. The zero-order valence-corrected chi connectivity index (χ0v) is 21.2. The molecule has 2 heterocycles. The summed E-state index contributed by atoms with van der Waals surface area (Å²) in [6, 6.07) is 13.8. The summed E-state index contributed by atoms with van der Waals surface area (Å²) in [6.45, 7) is 5.57. The van der Waals surface area contributed by atoms with Crippen LogP contribution >= 0.6 is 0 Å². The van der Waals surface area contributed by atoms with Crippen molar-refractivity contribution in [1.29, 1.82) is 0 Å². The van der Waals surface area contributed by atoms with Gasteiger partial charge in [-0.25, -0.2) is 4.98 Å². The van der Waals surface area contributed by atoms with Gasteiger partial charge in [-0.15, -0.1) is 0 Å². The third kappa shape index (κ3) is 5.48. The highest BCUT2D eigenvalue weighted by atomic mass is 16.5. The molecule has 0 saturated carbocycles. The fourth-order valence-electron chi connectivity index (χ4n) is 4.69. The molecule has 1 aliphatic rings. The van der Waals surface area contributed by atoms with E-state index in [1.807, 2.05) is 56.3 Å². The number of rotatable bonds is 7. The van der Waals surface area contributed by atoms with E-state index in [1.165, 1.54) is 4.57 Å². The fourth-order valence-corrected chi connectivity index (χ4v) is 4.69. The smallest absolute Gasteiger partial charge is 0.262 e. The first-order valence-electron chi connectivity index (χ1n) is 12.2. The van der Waals surface area contributed by atoms with Crippen LogP contribution in [0.15, 0.2) is 47.3 Å². The van der Waals surface area contributed by atoms with Crippen LogP contribution in [0.1, 0.15) is 26.7 Å². The average molecular weight is 478 g/mol. The maximum absolute atomic E-state index is 13.8. The summed E-state index contributed by atoms with van der Waals surface area (Å²) >= 11 is 0. The third-order valence-electron chi connectivity index (χ3n) is 6.58. The van der Waals surface area contributed by atoms with Crippen molar-refractivity contribution in [3.05, 3.63) is 52.8 Å². The second kappa shape index (κ2) is 10.5. The van der Waals surface area contributed by atoms with Crippen LogP contribution in [0.2, 0.25) is 0 Å². The standard InChI is InChI=1S/C27H35N5O3/c1-18(2)28-25(33)17-32-26(19-7-6-8-22(15-19)35-5)29-24-10-9-21(16-23(24)27(32)34)31-13-11-20(12-14-31)30(3)4/h6-10,15-16,18,20H,11-14,17H2,1-5H3,(H,28,33). The number of anilines is 1. The third-order valence-corrected chi connectivity index (χ3v) is 6.58. The number of hydrogen-bond acceptors (Lipinski definition) is 6. The number of piperidine rings is 1. The topological polar surface area (TPSA) is 79.7 Å². The van der Waals surface area contributed by atoms with Crippen LogP contribution in [0.3, 0.4) is 0 Å². The van der Waals surface area contributed by atoms with Gasteiger partial charge in [0, 0.05) is 36.4 Å². The van der Waals surface area contributed by atoms with E-state index in [1.54, 1.807) is 7.11 Å². The van der Waals surface area contributed by atoms with E-state index in [4.69, 9.17) is 9.72 Å². The van der Waals surface area contributed by atoms with Gasteiger partial charge in [0.2, 0.25) is 5.91 Å². The van der Waals surface area contributed by atoms with Crippen LogP contribution in [-0.4, -0.2) is 66.7 Å². The van der Waals surface area contributed by atoms with Gasteiger partial charge >= 0.3 is 0 Å². The molecule has 2 aromatic carbocycles. The lowest BCUT2D eigenvalue weighted by Crippen LogP contribution is -2.42. The predicted molar refractivity (Wildman–Crippen MR) is 140 cm³/mol. The maximum atomic E-state index is 13.8. The molecule has 186 valence electrons. The molecule has 1 aromatic heterocycles. The average Bonchev–Trinajstić information content (AvgIpc) is 2.85.